The van der Waals surface area contributed by atoms with E-state index in [4.69, 9.17) is 9.98 Å². The van der Waals surface area contributed by atoms with Gasteiger partial charge in [0, 0.05) is 51.0 Å². The first-order valence-corrected chi connectivity index (χ1v) is 19.6. The Balaban J connectivity index is 1.42. The highest BCUT2D eigenvalue weighted by Gasteiger charge is 1.96. The molecular weight excluding hydrogens is 548 g/mol. The Bertz CT molecular complexity index is 925. The minimum absolute atomic E-state index is 0.970. The van der Waals surface area contributed by atoms with Crippen LogP contribution in [-0.4, -0.2) is 22.2 Å². The van der Waals surface area contributed by atoms with Gasteiger partial charge in [-0.15, -0.1) is 0 Å². The first-order valence-electron chi connectivity index (χ1n) is 19.6. The predicted molar refractivity (Wildman–Crippen MR) is 196 cm³/mol. The molecule has 256 valence electrons. The van der Waals surface area contributed by atoms with Gasteiger partial charge in [-0.25, -0.2) is 0 Å². The fourth-order valence-corrected chi connectivity index (χ4v) is 6.14. The van der Waals surface area contributed by atoms with E-state index in [0.29, 0.717) is 0 Å². The van der Waals surface area contributed by atoms with Crippen molar-refractivity contribution >= 4 is 0 Å². The largest absolute Gasteiger partial charge is 0.354 e. The van der Waals surface area contributed by atoms with Gasteiger partial charge in [-0.1, -0.05) is 149 Å². The predicted octanol–water partition coefficient (Wildman–Crippen LogP) is 11.6. The first-order chi connectivity index (χ1) is 22.3. The number of unbranched alkanes of at least 4 members (excludes halogenated alkanes) is 22. The second-order valence-corrected chi connectivity index (χ2v) is 13.5. The molecule has 0 aliphatic carbocycles. The summed E-state index contributed by atoms with van der Waals surface area (Å²) in [5.74, 6) is 0. The summed E-state index contributed by atoms with van der Waals surface area (Å²) in [6, 6.07) is 8.74. The van der Waals surface area contributed by atoms with E-state index in [9.17, 15) is 0 Å². The highest BCUT2D eigenvalue weighted by molar-refractivity contribution is 4.94. The molecular formula is C41H72N4. The molecule has 4 nitrogen and oxygen atoms in total. The molecule has 0 aromatic carbocycles. The molecule has 0 aliphatic rings. The van der Waals surface area contributed by atoms with E-state index in [-0.39, 0.29) is 0 Å². The van der Waals surface area contributed by atoms with Gasteiger partial charge in [0.1, 0.15) is 0 Å². The number of hydrogen-bond donors (Lipinski definition) is 0. The SMILES string of the molecule is CCCCCCCCCCCCN=c1ccn(CCCCCCCn2ccc(=NCCCCCCCCCCCC)cc2)cc1. The third-order valence-corrected chi connectivity index (χ3v) is 9.19. The molecule has 0 saturated heterocycles. The van der Waals surface area contributed by atoms with Crippen LogP contribution >= 0.6 is 0 Å². The standard InChI is InChI=1S/C41H72N4/c1-3-5-7-9-11-13-15-17-20-24-32-42-40-28-36-44(37-29-40)34-26-22-19-23-27-35-45-38-30-41(31-39-45)43-33-25-21-18-16-14-12-10-8-6-4-2/h28-31,36-39H,3-27,32-35H2,1-2H3. The third-order valence-electron chi connectivity index (χ3n) is 9.19. The Kier molecular flexibility index (Phi) is 25.5. The highest BCUT2D eigenvalue weighted by atomic mass is 14.9. The van der Waals surface area contributed by atoms with Gasteiger partial charge in [0.05, 0.1) is 10.7 Å². The molecule has 0 radical (unpaired) electrons. The number of hydrogen-bond acceptors (Lipinski definition) is 2. The summed E-state index contributed by atoms with van der Waals surface area (Å²) in [5.41, 5.74) is 0. The Hall–Kier alpha value is -2.10. The molecule has 0 N–H and O–H groups in total. The van der Waals surface area contributed by atoms with Gasteiger partial charge in [0.15, 0.2) is 0 Å². The maximum atomic E-state index is 4.79. The molecule has 2 aromatic rings. The fraction of sp³-hybridized carbons (Fsp3) is 0.756. The molecule has 4 heteroatoms. The van der Waals surface area contributed by atoms with E-state index in [1.165, 1.54) is 161 Å². The molecule has 0 saturated carbocycles. The third kappa shape index (κ3) is 23.0. The van der Waals surface area contributed by atoms with Gasteiger partial charge in [0.2, 0.25) is 0 Å². The van der Waals surface area contributed by atoms with Gasteiger partial charge in [0.25, 0.3) is 0 Å². The lowest BCUT2D eigenvalue weighted by Crippen LogP contribution is -2.07. The molecule has 0 atom stereocenters. The van der Waals surface area contributed by atoms with E-state index in [1.54, 1.807) is 0 Å². The number of nitrogens with zero attached hydrogens (tertiary/aromatic N) is 4. The van der Waals surface area contributed by atoms with Crippen molar-refractivity contribution in [2.45, 2.75) is 187 Å². The van der Waals surface area contributed by atoms with Crippen LogP contribution in [0.5, 0.6) is 0 Å². The number of aromatic nitrogens is 2. The van der Waals surface area contributed by atoms with Crippen LogP contribution in [0, 0.1) is 0 Å². The van der Waals surface area contributed by atoms with E-state index in [1.807, 2.05) is 0 Å². The minimum Gasteiger partial charge on any atom is -0.354 e. The van der Waals surface area contributed by atoms with Gasteiger partial charge in [-0.05, 0) is 49.9 Å². The smallest absolute Gasteiger partial charge is 0.0603 e. The number of aryl methyl sites for hydroxylation is 2. The van der Waals surface area contributed by atoms with Crippen molar-refractivity contribution in [3.63, 3.8) is 0 Å². The summed E-state index contributed by atoms with van der Waals surface area (Å²) < 4.78 is 4.64. The van der Waals surface area contributed by atoms with Crippen molar-refractivity contribution < 1.29 is 0 Å². The van der Waals surface area contributed by atoms with Crippen molar-refractivity contribution in [2.75, 3.05) is 13.1 Å². The van der Waals surface area contributed by atoms with Gasteiger partial charge in [-0.2, -0.15) is 0 Å². The molecule has 0 fully saturated rings. The monoisotopic (exact) mass is 621 g/mol. The second kappa shape index (κ2) is 29.3. The van der Waals surface area contributed by atoms with E-state index >= 15 is 0 Å². The quantitative estimate of drug-likeness (QED) is 0.0779. The second-order valence-electron chi connectivity index (χ2n) is 13.5. The van der Waals surface area contributed by atoms with Crippen LogP contribution in [-0.2, 0) is 13.1 Å². The van der Waals surface area contributed by atoms with Gasteiger partial charge < -0.3 is 9.13 Å². The summed E-state index contributed by atoms with van der Waals surface area (Å²) in [5, 5.41) is 2.27. The van der Waals surface area contributed by atoms with E-state index < -0.39 is 0 Å². The maximum Gasteiger partial charge on any atom is 0.0603 e. The van der Waals surface area contributed by atoms with Crippen LogP contribution in [0.3, 0.4) is 0 Å². The van der Waals surface area contributed by atoms with Crippen molar-refractivity contribution in [3.8, 4) is 0 Å². The lowest BCUT2D eigenvalue weighted by Gasteiger charge is -2.07. The Morgan fingerprint density at radius 2 is 0.622 bits per heavy atom. The van der Waals surface area contributed by atoms with E-state index in [2.05, 4.69) is 72.0 Å². The van der Waals surface area contributed by atoms with Crippen LogP contribution in [0.1, 0.15) is 174 Å². The van der Waals surface area contributed by atoms with Crippen molar-refractivity contribution in [1.29, 1.82) is 0 Å². The molecule has 0 spiro atoms. The molecule has 0 aliphatic heterocycles. The average molecular weight is 621 g/mol. The fourth-order valence-electron chi connectivity index (χ4n) is 6.14. The lowest BCUT2D eigenvalue weighted by atomic mass is 10.1. The van der Waals surface area contributed by atoms with Gasteiger partial charge in [-0.3, -0.25) is 9.98 Å². The number of pyridine rings is 2. The highest BCUT2D eigenvalue weighted by Crippen LogP contribution is 2.12. The van der Waals surface area contributed by atoms with Crippen molar-refractivity contribution in [3.05, 3.63) is 59.8 Å². The Labute approximate surface area is 278 Å². The molecule has 45 heavy (non-hydrogen) atoms. The summed E-state index contributed by atoms with van der Waals surface area (Å²) in [6.45, 7) is 8.74. The van der Waals surface area contributed by atoms with Crippen LogP contribution in [0.2, 0.25) is 0 Å². The normalized spacial score (nSPS) is 11.2. The zero-order chi connectivity index (χ0) is 31.9. The van der Waals surface area contributed by atoms with Crippen LogP contribution in [0.4, 0.5) is 0 Å². The minimum atomic E-state index is 0.970. The first kappa shape index (κ1) is 39.1. The summed E-state index contributed by atoms with van der Waals surface area (Å²) in [7, 11) is 0. The molecule has 0 amide bonds. The number of rotatable bonds is 30. The maximum absolute atomic E-state index is 4.79. The molecule has 2 aromatic heterocycles. The summed E-state index contributed by atoms with van der Waals surface area (Å²) >= 11 is 0. The van der Waals surface area contributed by atoms with Crippen LogP contribution in [0.15, 0.2) is 59.0 Å². The summed E-state index contributed by atoms with van der Waals surface area (Å²) in [6.07, 6.45) is 42.9. The zero-order valence-electron chi connectivity index (χ0n) is 29.9. The topological polar surface area (TPSA) is 34.6 Å². The molecule has 0 bridgehead atoms. The Morgan fingerprint density at radius 1 is 0.356 bits per heavy atom. The van der Waals surface area contributed by atoms with Crippen LogP contribution < -0.4 is 10.7 Å². The van der Waals surface area contributed by atoms with Gasteiger partial charge >= 0.3 is 0 Å². The lowest BCUT2D eigenvalue weighted by molar-refractivity contribution is 0.533. The average Bonchev–Trinajstić information content (AvgIpc) is 3.07. The van der Waals surface area contributed by atoms with E-state index in [0.717, 1.165) is 36.9 Å². The van der Waals surface area contributed by atoms with Crippen molar-refractivity contribution in [1.82, 2.24) is 9.13 Å². The van der Waals surface area contributed by atoms with Crippen LogP contribution in [0.25, 0.3) is 0 Å². The zero-order valence-corrected chi connectivity index (χ0v) is 29.9. The molecule has 2 heterocycles. The Morgan fingerprint density at radius 3 is 0.933 bits per heavy atom. The molecule has 2 rings (SSSR count). The molecule has 0 unspecified atom stereocenters. The van der Waals surface area contributed by atoms with Crippen molar-refractivity contribution in [2.24, 2.45) is 9.98 Å². The summed E-state index contributed by atoms with van der Waals surface area (Å²) in [4.78, 5) is 9.58.